The second-order valence-electron chi connectivity index (χ2n) is 3.20. The summed E-state index contributed by atoms with van der Waals surface area (Å²) in [7, 11) is 0. The summed E-state index contributed by atoms with van der Waals surface area (Å²) in [6.07, 6.45) is 0. The minimum atomic E-state index is 0.634. The molecule has 3 heteroatoms. The molecule has 1 nitrogen and oxygen atoms in total. The average Bonchev–Trinajstić information content (AvgIpc) is 2.02. The van der Waals surface area contributed by atoms with Crippen molar-refractivity contribution in [2.75, 3.05) is 5.73 Å². The number of anilines is 1. The SMILES string of the molecule is CC(C)SCc1ccc(Cl)cc1N. The zero-order valence-corrected chi connectivity index (χ0v) is 9.45. The Morgan fingerprint density at radius 1 is 1.46 bits per heavy atom. The van der Waals surface area contributed by atoms with Crippen LogP contribution in [0.5, 0.6) is 0 Å². The van der Waals surface area contributed by atoms with Crippen molar-refractivity contribution in [2.45, 2.75) is 24.9 Å². The number of nitrogen functional groups attached to an aromatic ring is 1. The fraction of sp³-hybridized carbons (Fsp3) is 0.400. The average molecular weight is 216 g/mol. The molecule has 0 aliphatic heterocycles. The van der Waals surface area contributed by atoms with Crippen molar-refractivity contribution in [2.24, 2.45) is 0 Å². The third-order valence-electron chi connectivity index (χ3n) is 1.68. The van der Waals surface area contributed by atoms with E-state index in [1.807, 2.05) is 23.9 Å². The van der Waals surface area contributed by atoms with Crippen LogP contribution >= 0.6 is 23.4 Å². The molecule has 0 amide bonds. The fourth-order valence-corrected chi connectivity index (χ4v) is 1.91. The lowest BCUT2D eigenvalue weighted by molar-refractivity contribution is 1.11. The Kier molecular flexibility index (Phi) is 3.94. The Hall–Kier alpha value is -0.340. The molecule has 0 spiro atoms. The maximum Gasteiger partial charge on any atom is 0.0426 e. The lowest BCUT2D eigenvalue weighted by atomic mass is 10.2. The molecule has 0 bridgehead atoms. The molecule has 0 radical (unpaired) electrons. The first-order valence-electron chi connectivity index (χ1n) is 4.25. The van der Waals surface area contributed by atoms with Crippen LogP contribution in [0.15, 0.2) is 18.2 Å². The van der Waals surface area contributed by atoms with Gasteiger partial charge in [0, 0.05) is 16.5 Å². The monoisotopic (exact) mass is 215 g/mol. The van der Waals surface area contributed by atoms with Gasteiger partial charge in [-0.2, -0.15) is 11.8 Å². The van der Waals surface area contributed by atoms with Crippen LogP contribution in [0.1, 0.15) is 19.4 Å². The molecule has 0 unspecified atom stereocenters. The summed E-state index contributed by atoms with van der Waals surface area (Å²) >= 11 is 7.67. The Morgan fingerprint density at radius 3 is 2.69 bits per heavy atom. The summed E-state index contributed by atoms with van der Waals surface area (Å²) in [6, 6.07) is 5.68. The number of hydrogen-bond acceptors (Lipinski definition) is 2. The minimum absolute atomic E-state index is 0.634. The van der Waals surface area contributed by atoms with Gasteiger partial charge in [0.15, 0.2) is 0 Å². The van der Waals surface area contributed by atoms with Gasteiger partial charge in [-0.05, 0) is 22.9 Å². The molecule has 0 atom stereocenters. The van der Waals surface area contributed by atoms with E-state index < -0.39 is 0 Å². The standard InChI is InChI=1S/C10H14ClNS/c1-7(2)13-6-8-3-4-9(11)5-10(8)12/h3-5,7H,6,12H2,1-2H3. The van der Waals surface area contributed by atoms with Crippen LogP contribution in [-0.2, 0) is 5.75 Å². The number of hydrogen-bond donors (Lipinski definition) is 1. The number of benzene rings is 1. The van der Waals surface area contributed by atoms with E-state index in [9.17, 15) is 0 Å². The van der Waals surface area contributed by atoms with Crippen molar-refractivity contribution in [3.8, 4) is 0 Å². The maximum absolute atomic E-state index is 5.81. The first-order valence-corrected chi connectivity index (χ1v) is 5.68. The summed E-state index contributed by atoms with van der Waals surface area (Å²) in [5.74, 6) is 0.959. The van der Waals surface area contributed by atoms with Crippen LogP contribution in [0, 0.1) is 0 Å². The van der Waals surface area contributed by atoms with Crippen LogP contribution in [0.2, 0.25) is 5.02 Å². The molecule has 2 N–H and O–H groups in total. The lowest BCUT2D eigenvalue weighted by Crippen LogP contribution is -1.94. The van der Waals surface area contributed by atoms with Crippen molar-refractivity contribution in [1.82, 2.24) is 0 Å². The first-order chi connectivity index (χ1) is 6.09. The van der Waals surface area contributed by atoms with Gasteiger partial charge in [-0.15, -0.1) is 0 Å². The van der Waals surface area contributed by atoms with Gasteiger partial charge >= 0.3 is 0 Å². The first kappa shape index (κ1) is 10.7. The van der Waals surface area contributed by atoms with E-state index >= 15 is 0 Å². The molecule has 72 valence electrons. The molecular weight excluding hydrogens is 202 g/mol. The summed E-state index contributed by atoms with van der Waals surface area (Å²) in [5.41, 5.74) is 7.77. The van der Waals surface area contributed by atoms with E-state index in [2.05, 4.69) is 13.8 Å². The molecule has 0 saturated carbocycles. The summed E-state index contributed by atoms with van der Waals surface area (Å²) in [5, 5.41) is 1.34. The molecule has 0 fully saturated rings. The van der Waals surface area contributed by atoms with E-state index in [0.717, 1.165) is 11.4 Å². The number of thioether (sulfide) groups is 1. The topological polar surface area (TPSA) is 26.0 Å². The number of rotatable bonds is 3. The second kappa shape index (κ2) is 4.77. The van der Waals surface area contributed by atoms with Crippen molar-refractivity contribution >= 4 is 29.1 Å². The quantitative estimate of drug-likeness (QED) is 0.781. The van der Waals surface area contributed by atoms with Crippen LogP contribution in [0.4, 0.5) is 5.69 Å². The third-order valence-corrected chi connectivity index (χ3v) is 3.06. The minimum Gasteiger partial charge on any atom is -0.398 e. The molecule has 0 aliphatic carbocycles. The highest BCUT2D eigenvalue weighted by Crippen LogP contribution is 2.24. The van der Waals surface area contributed by atoms with Crippen LogP contribution in [0.25, 0.3) is 0 Å². The Morgan fingerprint density at radius 2 is 2.15 bits per heavy atom. The van der Waals surface area contributed by atoms with E-state index in [1.54, 1.807) is 6.07 Å². The van der Waals surface area contributed by atoms with Gasteiger partial charge < -0.3 is 5.73 Å². The zero-order chi connectivity index (χ0) is 9.84. The predicted octanol–water partition coefficient (Wildman–Crippen LogP) is 3.56. The summed E-state index contributed by atoms with van der Waals surface area (Å²) < 4.78 is 0. The predicted molar refractivity (Wildman–Crippen MR) is 62.3 cm³/mol. The highest BCUT2D eigenvalue weighted by Gasteiger charge is 2.01. The van der Waals surface area contributed by atoms with E-state index in [-0.39, 0.29) is 0 Å². The van der Waals surface area contributed by atoms with Gasteiger partial charge in [-0.1, -0.05) is 31.5 Å². The maximum atomic E-state index is 5.81. The molecular formula is C10H14ClNS. The van der Waals surface area contributed by atoms with Gasteiger partial charge in [0.25, 0.3) is 0 Å². The van der Waals surface area contributed by atoms with Gasteiger partial charge in [-0.25, -0.2) is 0 Å². The smallest absolute Gasteiger partial charge is 0.0426 e. The van der Waals surface area contributed by atoms with E-state index in [0.29, 0.717) is 10.3 Å². The number of halogens is 1. The van der Waals surface area contributed by atoms with Crippen molar-refractivity contribution in [3.63, 3.8) is 0 Å². The molecule has 1 rings (SSSR count). The van der Waals surface area contributed by atoms with Crippen molar-refractivity contribution in [3.05, 3.63) is 28.8 Å². The van der Waals surface area contributed by atoms with Crippen LogP contribution < -0.4 is 5.73 Å². The lowest BCUT2D eigenvalue weighted by Gasteiger charge is -2.07. The Balaban J connectivity index is 2.67. The fourth-order valence-electron chi connectivity index (χ4n) is 0.954. The number of nitrogens with two attached hydrogens (primary N) is 1. The largest absolute Gasteiger partial charge is 0.398 e. The zero-order valence-electron chi connectivity index (χ0n) is 7.88. The highest BCUT2D eigenvalue weighted by molar-refractivity contribution is 7.99. The van der Waals surface area contributed by atoms with Gasteiger partial charge in [0.2, 0.25) is 0 Å². The highest BCUT2D eigenvalue weighted by atomic mass is 35.5. The molecule has 0 aromatic heterocycles. The van der Waals surface area contributed by atoms with Crippen LogP contribution in [0.3, 0.4) is 0 Å². The molecule has 0 heterocycles. The Labute approximate surface area is 88.7 Å². The van der Waals surface area contributed by atoms with E-state index in [4.69, 9.17) is 17.3 Å². The molecule has 13 heavy (non-hydrogen) atoms. The summed E-state index contributed by atoms with van der Waals surface area (Å²) in [4.78, 5) is 0. The Bertz CT molecular complexity index is 286. The van der Waals surface area contributed by atoms with Crippen LogP contribution in [-0.4, -0.2) is 5.25 Å². The van der Waals surface area contributed by atoms with Gasteiger partial charge in [0.05, 0.1) is 0 Å². The molecule has 1 aromatic carbocycles. The normalized spacial score (nSPS) is 10.8. The third kappa shape index (κ3) is 3.49. The molecule has 0 aliphatic rings. The van der Waals surface area contributed by atoms with Crippen molar-refractivity contribution < 1.29 is 0 Å². The molecule has 1 aromatic rings. The molecule has 0 saturated heterocycles. The van der Waals surface area contributed by atoms with Crippen molar-refractivity contribution in [1.29, 1.82) is 0 Å². The van der Waals surface area contributed by atoms with E-state index in [1.165, 1.54) is 5.56 Å². The van der Waals surface area contributed by atoms with Gasteiger partial charge in [-0.3, -0.25) is 0 Å². The summed E-state index contributed by atoms with van der Waals surface area (Å²) in [6.45, 7) is 4.35. The van der Waals surface area contributed by atoms with Gasteiger partial charge in [0.1, 0.15) is 0 Å². The second-order valence-corrected chi connectivity index (χ2v) is 5.20.